The molecule has 0 saturated carbocycles. The van der Waals surface area contributed by atoms with Gasteiger partial charge >= 0.3 is 0 Å². The summed E-state index contributed by atoms with van der Waals surface area (Å²) in [5.74, 6) is 0. The van der Waals surface area contributed by atoms with Crippen molar-refractivity contribution in [3.63, 3.8) is 0 Å². The Bertz CT molecular complexity index is 341. The molecule has 0 aliphatic carbocycles. The maximum Gasteiger partial charge on any atom is 0.0832 e. The molecule has 4 heteroatoms. The van der Waals surface area contributed by atoms with Crippen LogP contribution in [0, 0.1) is 6.92 Å². The number of hydrogen-bond donors (Lipinski definition) is 4. The molecule has 0 spiro atoms. The number of benzene rings is 1. The van der Waals surface area contributed by atoms with Gasteiger partial charge in [-0.25, -0.2) is 0 Å². The van der Waals surface area contributed by atoms with E-state index in [2.05, 4.69) is 5.32 Å². The van der Waals surface area contributed by atoms with E-state index in [4.69, 9.17) is 5.73 Å². The summed E-state index contributed by atoms with van der Waals surface area (Å²) in [6, 6.07) is 5.61. The predicted molar refractivity (Wildman–Crippen MR) is 66.4 cm³/mol. The molecule has 0 fully saturated rings. The number of rotatable bonds is 5. The van der Waals surface area contributed by atoms with Crippen molar-refractivity contribution in [2.24, 2.45) is 0 Å². The van der Waals surface area contributed by atoms with Crippen LogP contribution in [-0.4, -0.2) is 29.0 Å². The maximum atomic E-state index is 9.31. The average Bonchev–Trinajstić information content (AvgIpc) is 2.31. The van der Waals surface area contributed by atoms with Crippen molar-refractivity contribution >= 4 is 11.4 Å². The third kappa shape index (κ3) is 2.65. The van der Waals surface area contributed by atoms with Gasteiger partial charge in [0, 0.05) is 11.4 Å². The Morgan fingerprint density at radius 1 is 1.31 bits per heavy atom. The molecule has 0 amide bonds. The van der Waals surface area contributed by atoms with Gasteiger partial charge in [-0.05, 0) is 31.0 Å². The first-order valence-electron chi connectivity index (χ1n) is 5.43. The summed E-state index contributed by atoms with van der Waals surface area (Å²) < 4.78 is 0. The second kappa shape index (κ2) is 5.18. The molecule has 0 aliphatic heterocycles. The lowest BCUT2D eigenvalue weighted by Crippen LogP contribution is -2.45. The van der Waals surface area contributed by atoms with E-state index in [0.29, 0.717) is 12.1 Å². The number of aliphatic hydroxyl groups excluding tert-OH is 2. The number of aliphatic hydroxyl groups is 2. The van der Waals surface area contributed by atoms with Crippen LogP contribution >= 0.6 is 0 Å². The van der Waals surface area contributed by atoms with Crippen LogP contribution in [0.25, 0.3) is 0 Å². The van der Waals surface area contributed by atoms with Crippen molar-refractivity contribution in [1.29, 1.82) is 0 Å². The topological polar surface area (TPSA) is 78.5 Å². The molecular weight excluding hydrogens is 204 g/mol. The van der Waals surface area contributed by atoms with Crippen LogP contribution in [0.3, 0.4) is 0 Å². The maximum absolute atomic E-state index is 9.31. The summed E-state index contributed by atoms with van der Waals surface area (Å²) in [7, 11) is 0. The fraction of sp³-hybridized carbons (Fsp3) is 0.500. The van der Waals surface area contributed by atoms with Gasteiger partial charge in [0.05, 0.1) is 18.8 Å². The lowest BCUT2D eigenvalue weighted by Gasteiger charge is -2.31. The van der Waals surface area contributed by atoms with E-state index >= 15 is 0 Å². The third-order valence-electron chi connectivity index (χ3n) is 2.97. The first kappa shape index (κ1) is 12.8. The Labute approximate surface area is 96.1 Å². The van der Waals surface area contributed by atoms with Crippen LogP contribution in [0.4, 0.5) is 11.4 Å². The van der Waals surface area contributed by atoms with Crippen molar-refractivity contribution in [1.82, 2.24) is 0 Å². The first-order chi connectivity index (χ1) is 7.56. The fourth-order valence-corrected chi connectivity index (χ4v) is 1.47. The summed E-state index contributed by atoms with van der Waals surface area (Å²) in [5.41, 5.74) is 7.65. The second-order valence-corrected chi connectivity index (χ2v) is 4.15. The van der Waals surface area contributed by atoms with Crippen LogP contribution < -0.4 is 11.1 Å². The van der Waals surface area contributed by atoms with Gasteiger partial charge in [0.15, 0.2) is 0 Å². The van der Waals surface area contributed by atoms with Gasteiger partial charge in [-0.1, -0.05) is 13.0 Å². The monoisotopic (exact) mass is 224 g/mol. The second-order valence-electron chi connectivity index (χ2n) is 4.15. The van der Waals surface area contributed by atoms with E-state index in [1.807, 2.05) is 32.0 Å². The number of nitrogens with two attached hydrogens (primary N) is 1. The molecule has 0 aliphatic rings. The molecule has 0 radical (unpaired) electrons. The number of anilines is 2. The van der Waals surface area contributed by atoms with Gasteiger partial charge in [0.2, 0.25) is 0 Å². The van der Waals surface area contributed by atoms with E-state index in [1.165, 1.54) is 0 Å². The van der Waals surface area contributed by atoms with E-state index in [-0.39, 0.29) is 13.2 Å². The smallest absolute Gasteiger partial charge is 0.0832 e. The highest BCUT2D eigenvalue weighted by atomic mass is 16.3. The minimum atomic E-state index is -0.679. The Morgan fingerprint density at radius 3 is 2.38 bits per heavy atom. The molecule has 1 rings (SSSR count). The molecule has 16 heavy (non-hydrogen) atoms. The van der Waals surface area contributed by atoms with Crippen LogP contribution in [0.1, 0.15) is 18.9 Å². The van der Waals surface area contributed by atoms with Gasteiger partial charge in [0.25, 0.3) is 0 Å². The summed E-state index contributed by atoms with van der Waals surface area (Å²) in [6.07, 6.45) is 0.633. The van der Waals surface area contributed by atoms with Gasteiger partial charge in [-0.15, -0.1) is 0 Å². The highest BCUT2D eigenvalue weighted by molar-refractivity contribution is 5.59. The zero-order valence-electron chi connectivity index (χ0n) is 9.83. The highest BCUT2D eigenvalue weighted by Crippen LogP contribution is 2.22. The highest BCUT2D eigenvalue weighted by Gasteiger charge is 2.26. The van der Waals surface area contributed by atoms with Crippen molar-refractivity contribution in [3.8, 4) is 0 Å². The quantitative estimate of drug-likeness (QED) is 0.565. The van der Waals surface area contributed by atoms with Crippen LogP contribution in [0.2, 0.25) is 0 Å². The van der Waals surface area contributed by atoms with Crippen LogP contribution in [-0.2, 0) is 0 Å². The lowest BCUT2D eigenvalue weighted by molar-refractivity contribution is 0.132. The van der Waals surface area contributed by atoms with Crippen molar-refractivity contribution < 1.29 is 10.2 Å². The molecule has 0 atom stereocenters. The van der Waals surface area contributed by atoms with Gasteiger partial charge in [-0.2, -0.15) is 0 Å². The van der Waals surface area contributed by atoms with Gasteiger partial charge in [-0.3, -0.25) is 0 Å². The van der Waals surface area contributed by atoms with Gasteiger partial charge < -0.3 is 21.3 Å². The van der Waals surface area contributed by atoms with Crippen LogP contribution in [0.5, 0.6) is 0 Å². The number of aryl methyl sites for hydroxylation is 1. The fourth-order valence-electron chi connectivity index (χ4n) is 1.47. The Balaban J connectivity index is 2.89. The van der Waals surface area contributed by atoms with E-state index in [9.17, 15) is 10.2 Å². The standard InChI is InChI=1S/C12H20N2O2/c1-3-12(7-15,8-16)14-10-5-4-9(2)11(13)6-10/h4-6,14-16H,3,7-8,13H2,1-2H3. The third-order valence-corrected chi connectivity index (χ3v) is 2.97. The summed E-state index contributed by atoms with van der Waals surface area (Å²) in [4.78, 5) is 0. The molecule has 5 N–H and O–H groups in total. The molecule has 0 heterocycles. The van der Waals surface area contributed by atoms with E-state index < -0.39 is 5.54 Å². The zero-order valence-corrected chi connectivity index (χ0v) is 9.83. The molecule has 0 aromatic heterocycles. The Kier molecular flexibility index (Phi) is 4.15. The molecule has 0 bridgehead atoms. The predicted octanol–water partition coefficient (Wildman–Crippen LogP) is 1.12. The normalized spacial score (nSPS) is 11.5. The minimum absolute atomic E-state index is 0.117. The summed E-state index contributed by atoms with van der Waals surface area (Å²) >= 11 is 0. The van der Waals surface area contributed by atoms with Crippen LogP contribution in [0.15, 0.2) is 18.2 Å². The lowest BCUT2D eigenvalue weighted by atomic mass is 9.98. The molecule has 90 valence electrons. The molecular formula is C12H20N2O2. The Hall–Kier alpha value is -1.26. The Morgan fingerprint density at radius 2 is 1.94 bits per heavy atom. The number of nitrogens with one attached hydrogen (secondary N) is 1. The minimum Gasteiger partial charge on any atom is -0.398 e. The first-order valence-corrected chi connectivity index (χ1v) is 5.43. The summed E-state index contributed by atoms with van der Waals surface area (Å²) in [6.45, 7) is 3.61. The van der Waals surface area contributed by atoms with E-state index in [1.54, 1.807) is 0 Å². The molecule has 0 unspecified atom stereocenters. The number of nitrogen functional groups attached to an aromatic ring is 1. The van der Waals surface area contributed by atoms with E-state index in [0.717, 1.165) is 11.3 Å². The molecule has 4 nitrogen and oxygen atoms in total. The molecule has 1 aromatic carbocycles. The van der Waals surface area contributed by atoms with Gasteiger partial charge in [0.1, 0.15) is 0 Å². The number of hydrogen-bond acceptors (Lipinski definition) is 4. The van der Waals surface area contributed by atoms with Crippen molar-refractivity contribution in [3.05, 3.63) is 23.8 Å². The zero-order chi connectivity index (χ0) is 12.2. The SMILES string of the molecule is CCC(CO)(CO)Nc1ccc(C)c(N)c1. The van der Waals surface area contributed by atoms with Crippen molar-refractivity contribution in [2.75, 3.05) is 24.3 Å². The largest absolute Gasteiger partial charge is 0.398 e. The molecule has 0 saturated heterocycles. The summed E-state index contributed by atoms with van der Waals surface area (Å²) in [5, 5.41) is 21.7. The van der Waals surface area contributed by atoms with Crippen molar-refractivity contribution in [2.45, 2.75) is 25.8 Å². The average molecular weight is 224 g/mol. The molecule has 1 aromatic rings.